The summed E-state index contributed by atoms with van der Waals surface area (Å²) in [5, 5.41) is 21.1. The third-order valence-corrected chi connectivity index (χ3v) is 11.6. The van der Waals surface area contributed by atoms with Crippen LogP contribution in [-0.2, 0) is 33.8 Å². The van der Waals surface area contributed by atoms with Crippen molar-refractivity contribution in [2.45, 2.75) is 123 Å². The number of hydrogen-bond donors (Lipinski definition) is 4. The second-order valence-electron chi connectivity index (χ2n) is 16.6. The number of hydroxylamine groups is 2. The first-order chi connectivity index (χ1) is 29.3. The average molecular weight is 840 g/mol. The predicted octanol–water partition coefficient (Wildman–Crippen LogP) is 8.62. The fourth-order valence-corrected chi connectivity index (χ4v) is 7.34. The van der Waals surface area contributed by atoms with Gasteiger partial charge < -0.3 is 30.7 Å². The molecule has 0 atom stereocenters. The van der Waals surface area contributed by atoms with Gasteiger partial charge in [0, 0.05) is 108 Å². The van der Waals surface area contributed by atoms with E-state index in [1.54, 1.807) is 11.8 Å². The summed E-state index contributed by atoms with van der Waals surface area (Å²) in [4.78, 5) is 42.7. The van der Waals surface area contributed by atoms with E-state index in [1.807, 2.05) is 14.1 Å². The molecular formula is C50H77N7O4. The summed E-state index contributed by atoms with van der Waals surface area (Å²) in [7, 11) is 3.85. The molecule has 1 aliphatic rings. The number of nitrogens with one attached hydrogen (secondary N) is 3. The lowest BCUT2D eigenvalue weighted by atomic mass is 9.95. The molecule has 61 heavy (non-hydrogen) atoms. The van der Waals surface area contributed by atoms with Gasteiger partial charge in [0.1, 0.15) is 0 Å². The number of para-hydroxylation sites is 1. The van der Waals surface area contributed by atoms with Gasteiger partial charge in [0.2, 0.25) is 17.7 Å². The van der Waals surface area contributed by atoms with E-state index in [0.717, 1.165) is 114 Å². The van der Waals surface area contributed by atoms with Crippen molar-refractivity contribution >= 4 is 23.4 Å². The van der Waals surface area contributed by atoms with Crippen LogP contribution in [0.25, 0.3) is 0 Å². The Kier molecular flexibility index (Phi) is 23.5. The Morgan fingerprint density at radius 1 is 0.590 bits per heavy atom. The molecule has 0 fully saturated rings. The van der Waals surface area contributed by atoms with Crippen LogP contribution in [0.5, 0.6) is 0 Å². The zero-order chi connectivity index (χ0) is 44.4. The zero-order valence-corrected chi connectivity index (χ0v) is 37.9. The molecule has 0 unspecified atom stereocenters. The van der Waals surface area contributed by atoms with E-state index in [-0.39, 0.29) is 17.7 Å². The maximum atomic E-state index is 12.8. The van der Waals surface area contributed by atoms with Crippen LogP contribution in [0.4, 0.5) is 5.69 Å². The van der Waals surface area contributed by atoms with Gasteiger partial charge in [-0.15, -0.1) is 0 Å². The monoisotopic (exact) mass is 840 g/mol. The highest BCUT2D eigenvalue weighted by molar-refractivity contribution is 5.76. The van der Waals surface area contributed by atoms with Crippen molar-refractivity contribution in [1.29, 1.82) is 0 Å². The zero-order valence-electron chi connectivity index (χ0n) is 37.9. The van der Waals surface area contributed by atoms with Gasteiger partial charge >= 0.3 is 0 Å². The number of amides is 3. The van der Waals surface area contributed by atoms with Crippen LogP contribution in [0.1, 0.15) is 120 Å². The molecule has 0 bridgehead atoms. The maximum absolute atomic E-state index is 12.8. The summed E-state index contributed by atoms with van der Waals surface area (Å²) >= 11 is 0. The average Bonchev–Trinajstić information content (AvgIpc) is 3.24. The van der Waals surface area contributed by atoms with Crippen LogP contribution in [-0.4, -0.2) is 91.2 Å². The maximum Gasteiger partial charge on any atom is 0.220 e. The van der Waals surface area contributed by atoms with Crippen molar-refractivity contribution in [3.8, 4) is 0 Å². The van der Waals surface area contributed by atoms with E-state index in [9.17, 15) is 19.6 Å². The molecule has 1 aliphatic heterocycles. The summed E-state index contributed by atoms with van der Waals surface area (Å²) in [6.45, 7) is 23.3. The molecule has 11 nitrogen and oxygen atoms in total. The summed E-state index contributed by atoms with van der Waals surface area (Å²) in [6.07, 6.45) is 13.9. The Hall–Kier alpha value is -5.03. The van der Waals surface area contributed by atoms with E-state index in [4.69, 9.17) is 0 Å². The van der Waals surface area contributed by atoms with E-state index in [2.05, 4.69) is 101 Å². The third kappa shape index (κ3) is 19.9. The van der Waals surface area contributed by atoms with E-state index < -0.39 is 0 Å². The molecule has 0 aliphatic carbocycles. The minimum atomic E-state index is 0.0254. The number of rotatable bonds is 31. The Morgan fingerprint density at radius 2 is 1.10 bits per heavy atom. The van der Waals surface area contributed by atoms with Gasteiger partial charge in [0.05, 0.1) is 0 Å². The number of fused-ring (bicyclic) bond motifs is 2. The van der Waals surface area contributed by atoms with Gasteiger partial charge in [-0.1, -0.05) is 68.8 Å². The third-order valence-electron chi connectivity index (χ3n) is 11.6. The first-order valence-electron chi connectivity index (χ1n) is 22.7. The Labute approximate surface area is 368 Å². The minimum Gasteiger partial charge on any atom is -0.389 e. The minimum absolute atomic E-state index is 0.0254. The van der Waals surface area contributed by atoms with Gasteiger partial charge in [-0.05, 0) is 119 Å². The molecule has 3 rings (SSSR count). The van der Waals surface area contributed by atoms with Gasteiger partial charge in [-0.25, -0.2) is 0 Å². The van der Waals surface area contributed by atoms with Crippen molar-refractivity contribution in [3.05, 3.63) is 114 Å². The van der Waals surface area contributed by atoms with E-state index in [0.29, 0.717) is 63.9 Å². The quantitative estimate of drug-likeness (QED) is 0.0441. The molecule has 0 spiro atoms. The smallest absolute Gasteiger partial charge is 0.220 e. The van der Waals surface area contributed by atoms with Crippen LogP contribution in [0.3, 0.4) is 0 Å². The first kappa shape index (κ1) is 50.3. The van der Waals surface area contributed by atoms with Gasteiger partial charge in [0.25, 0.3) is 0 Å². The number of benzene rings is 2. The fraction of sp³-hybridized carbons (Fsp3) is 0.540. The van der Waals surface area contributed by atoms with Crippen molar-refractivity contribution in [3.63, 3.8) is 0 Å². The number of hydrogen-bond acceptors (Lipinski definition) is 8. The van der Waals surface area contributed by atoms with Crippen molar-refractivity contribution < 1.29 is 19.6 Å². The molecule has 0 saturated carbocycles. The number of carbonyl (C=O) groups excluding carboxylic acids is 3. The van der Waals surface area contributed by atoms with E-state index >= 15 is 0 Å². The van der Waals surface area contributed by atoms with Crippen LogP contribution >= 0.6 is 0 Å². The molecule has 4 N–H and O–H groups in total. The van der Waals surface area contributed by atoms with Gasteiger partial charge in [0.15, 0.2) is 0 Å². The molecule has 336 valence electrons. The summed E-state index contributed by atoms with van der Waals surface area (Å²) in [5.74, 6) is 0.180. The van der Waals surface area contributed by atoms with Crippen molar-refractivity contribution in [1.82, 2.24) is 30.8 Å². The second kappa shape index (κ2) is 28.5. The summed E-state index contributed by atoms with van der Waals surface area (Å²) in [6, 6.07) is 17.2. The number of allylic oxidation sites excluding steroid dienone is 4. The SMILES string of the molecule is C=C(CCC(=C)N(O)CCCCCNC(=O)CCC(=C)N(C)CCCCCNC(=O)CCC(=C)N1Cc2ccccc2CCc2ccccc21)NCCCCCN(C)C(C)=O. The molecule has 2 aromatic carbocycles. The molecule has 1 heterocycles. The first-order valence-corrected chi connectivity index (χ1v) is 22.7. The summed E-state index contributed by atoms with van der Waals surface area (Å²) in [5.41, 5.74) is 8.71. The Morgan fingerprint density at radius 3 is 1.74 bits per heavy atom. The molecule has 2 aromatic rings. The van der Waals surface area contributed by atoms with Gasteiger partial charge in [-0.3, -0.25) is 24.7 Å². The highest BCUT2D eigenvalue weighted by atomic mass is 16.5. The predicted molar refractivity (Wildman–Crippen MR) is 251 cm³/mol. The highest BCUT2D eigenvalue weighted by Gasteiger charge is 2.20. The number of carbonyl (C=O) groups is 3. The topological polar surface area (TPSA) is 120 Å². The van der Waals surface area contributed by atoms with E-state index in [1.165, 1.54) is 27.4 Å². The van der Waals surface area contributed by atoms with Crippen LogP contribution in [0.2, 0.25) is 0 Å². The Balaban J connectivity index is 1.15. The fourth-order valence-electron chi connectivity index (χ4n) is 7.34. The number of aryl methyl sites for hydroxylation is 2. The normalized spacial score (nSPS) is 11.9. The number of anilines is 1. The molecule has 0 radical (unpaired) electrons. The lowest BCUT2D eigenvalue weighted by Crippen LogP contribution is -2.28. The number of nitrogens with zero attached hydrogens (tertiary/aromatic N) is 4. The van der Waals surface area contributed by atoms with Crippen molar-refractivity contribution in [2.24, 2.45) is 0 Å². The molecule has 11 heteroatoms. The lowest BCUT2D eigenvalue weighted by molar-refractivity contribution is -0.127. The molecular weight excluding hydrogens is 763 g/mol. The molecule has 0 saturated heterocycles. The molecule has 3 amide bonds. The van der Waals surface area contributed by atoms with Crippen LogP contribution < -0.4 is 20.9 Å². The van der Waals surface area contributed by atoms with Crippen LogP contribution in [0, 0.1) is 0 Å². The second-order valence-corrected chi connectivity index (χ2v) is 16.6. The molecule has 0 aromatic heterocycles. The standard InChI is InChI=1S/C50H77N7O4/c1-40(51-33-15-8-19-37-55(7)44(5)58)25-26-43(4)57(61)38-20-10-17-35-52-49(59)31-27-41(2)54(6)36-18-9-16-34-53-50(60)32-28-42(3)56-39-47-23-12-11-21-45(47)29-30-46-22-13-14-24-48(46)56/h11-14,21-24,51,61H,1-4,8-10,15-20,25-39H2,5-7H3,(H,52,59)(H,53,60). The van der Waals surface area contributed by atoms with Crippen LogP contribution in [0.15, 0.2) is 97.6 Å². The van der Waals surface area contributed by atoms with Gasteiger partial charge in [-0.2, -0.15) is 0 Å². The van der Waals surface area contributed by atoms with Crippen molar-refractivity contribution in [2.75, 3.05) is 58.3 Å². The Bertz CT molecular complexity index is 1720. The lowest BCUT2D eigenvalue weighted by Gasteiger charge is -2.32. The summed E-state index contributed by atoms with van der Waals surface area (Å²) < 4.78 is 0. The highest BCUT2D eigenvalue weighted by Crippen LogP contribution is 2.32. The number of unbranched alkanes of at least 4 members (excludes halogenated alkanes) is 6. The largest absolute Gasteiger partial charge is 0.389 e.